The topological polar surface area (TPSA) is 95.3 Å². The largest absolute Gasteiger partial charge is 0.388 e. The van der Waals surface area contributed by atoms with E-state index >= 15 is 0 Å². The first kappa shape index (κ1) is 12.5. The highest BCUT2D eigenvalue weighted by atomic mass is 16.3. The van der Waals surface area contributed by atoms with E-state index in [-0.39, 0.29) is 18.1 Å². The summed E-state index contributed by atoms with van der Waals surface area (Å²) < 4.78 is 0. The van der Waals surface area contributed by atoms with Gasteiger partial charge in [0.1, 0.15) is 12.2 Å². The molecule has 2 unspecified atom stereocenters. The van der Waals surface area contributed by atoms with Crippen LogP contribution in [0.4, 0.5) is 0 Å². The van der Waals surface area contributed by atoms with Gasteiger partial charge in [-0.3, -0.25) is 4.79 Å². The molecule has 0 spiro atoms. The molecule has 1 amide bonds. The number of aromatic nitrogens is 2. The molecule has 6 nitrogen and oxygen atoms in total. The Kier molecular flexibility index (Phi) is 4.33. The van der Waals surface area contributed by atoms with Crippen LogP contribution < -0.4 is 5.32 Å². The van der Waals surface area contributed by atoms with Crippen molar-refractivity contribution in [3.63, 3.8) is 0 Å². The molecule has 0 aliphatic heterocycles. The Bertz CT molecular complexity index is 353. The molecule has 0 saturated heterocycles. The number of nitrogens with zero attached hydrogens (tertiary/aromatic N) is 2. The molecule has 0 saturated carbocycles. The van der Waals surface area contributed by atoms with Crippen LogP contribution in [0.15, 0.2) is 12.1 Å². The number of nitrogens with one attached hydrogen (secondary N) is 1. The van der Waals surface area contributed by atoms with Crippen LogP contribution in [0, 0.1) is 6.92 Å². The molecule has 16 heavy (non-hydrogen) atoms. The number of aryl methyl sites for hydroxylation is 1. The summed E-state index contributed by atoms with van der Waals surface area (Å²) in [4.78, 5) is 10.6. The minimum atomic E-state index is -1.15. The second-order valence-corrected chi connectivity index (χ2v) is 3.55. The molecule has 2 atom stereocenters. The van der Waals surface area contributed by atoms with Crippen LogP contribution in [0.25, 0.3) is 0 Å². The lowest BCUT2D eigenvalue weighted by molar-refractivity contribution is -0.119. The number of carbonyl (C=O) groups excluding carboxylic acids is 1. The molecule has 1 rings (SSSR count). The average molecular weight is 225 g/mol. The lowest BCUT2D eigenvalue weighted by Gasteiger charge is -2.16. The zero-order chi connectivity index (χ0) is 12.1. The number of amides is 1. The van der Waals surface area contributed by atoms with Gasteiger partial charge >= 0.3 is 0 Å². The fraction of sp³-hybridized carbons (Fsp3) is 0.500. The van der Waals surface area contributed by atoms with Crippen molar-refractivity contribution in [1.29, 1.82) is 0 Å². The van der Waals surface area contributed by atoms with E-state index in [4.69, 9.17) is 0 Å². The highest BCUT2D eigenvalue weighted by molar-refractivity contribution is 5.72. The lowest BCUT2D eigenvalue weighted by atomic mass is 10.1. The Morgan fingerprint density at radius 1 is 1.44 bits per heavy atom. The maximum atomic E-state index is 10.6. The van der Waals surface area contributed by atoms with Crippen molar-refractivity contribution in [3.8, 4) is 0 Å². The molecule has 3 N–H and O–H groups in total. The van der Waals surface area contributed by atoms with Gasteiger partial charge in [0.05, 0.1) is 11.4 Å². The third-order valence-corrected chi connectivity index (χ3v) is 2.05. The van der Waals surface area contributed by atoms with Crippen LogP contribution >= 0.6 is 0 Å². The Balaban J connectivity index is 2.59. The first-order valence-electron chi connectivity index (χ1n) is 4.91. The van der Waals surface area contributed by atoms with Crippen molar-refractivity contribution in [2.24, 2.45) is 0 Å². The Hall–Kier alpha value is -1.53. The third kappa shape index (κ3) is 3.56. The van der Waals surface area contributed by atoms with Gasteiger partial charge in [-0.15, -0.1) is 0 Å². The Morgan fingerprint density at radius 3 is 2.62 bits per heavy atom. The maximum absolute atomic E-state index is 10.6. The van der Waals surface area contributed by atoms with Gasteiger partial charge in [0.25, 0.3) is 0 Å². The SMILES string of the molecule is CC(=O)NCC(O)C(O)c1ccc(C)nn1. The highest BCUT2D eigenvalue weighted by Crippen LogP contribution is 2.13. The van der Waals surface area contributed by atoms with Crippen molar-refractivity contribution in [2.45, 2.75) is 26.1 Å². The molecular formula is C10H15N3O3. The maximum Gasteiger partial charge on any atom is 0.216 e. The summed E-state index contributed by atoms with van der Waals surface area (Å²) in [5, 5.41) is 29.2. The van der Waals surface area contributed by atoms with Crippen LogP contribution in [-0.4, -0.2) is 39.0 Å². The molecule has 6 heteroatoms. The smallest absolute Gasteiger partial charge is 0.216 e. The zero-order valence-corrected chi connectivity index (χ0v) is 9.21. The molecule has 0 aromatic carbocycles. The summed E-state index contributed by atoms with van der Waals surface area (Å²) in [6, 6.07) is 3.28. The van der Waals surface area contributed by atoms with Crippen LogP contribution in [0.2, 0.25) is 0 Å². The van der Waals surface area contributed by atoms with Gasteiger partial charge in [-0.2, -0.15) is 10.2 Å². The number of hydrogen-bond acceptors (Lipinski definition) is 5. The van der Waals surface area contributed by atoms with E-state index in [1.807, 2.05) is 0 Å². The second kappa shape index (κ2) is 5.53. The summed E-state index contributed by atoms with van der Waals surface area (Å²) in [6.45, 7) is 3.09. The van der Waals surface area contributed by atoms with Crippen LogP contribution in [0.1, 0.15) is 24.4 Å². The Morgan fingerprint density at radius 2 is 2.12 bits per heavy atom. The van der Waals surface area contributed by atoms with E-state index in [9.17, 15) is 15.0 Å². The van der Waals surface area contributed by atoms with Crippen LogP contribution in [0.3, 0.4) is 0 Å². The third-order valence-electron chi connectivity index (χ3n) is 2.05. The molecule has 0 radical (unpaired) electrons. The normalized spacial score (nSPS) is 14.2. The van der Waals surface area contributed by atoms with E-state index in [0.29, 0.717) is 0 Å². The molecule has 0 aliphatic rings. The van der Waals surface area contributed by atoms with Crippen molar-refractivity contribution in [1.82, 2.24) is 15.5 Å². The number of rotatable bonds is 4. The van der Waals surface area contributed by atoms with Crippen molar-refractivity contribution >= 4 is 5.91 Å². The van der Waals surface area contributed by atoms with Crippen molar-refractivity contribution in [3.05, 3.63) is 23.5 Å². The molecule has 1 aromatic heterocycles. The second-order valence-electron chi connectivity index (χ2n) is 3.55. The first-order chi connectivity index (χ1) is 7.50. The fourth-order valence-corrected chi connectivity index (χ4v) is 1.12. The van der Waals surface area contributed by atoms with E-state index in [2.05, 4.69) is 15.5 Å². The minimum absolute atomic E-state index is 0.0218. The van der Waals surface area contributed by atoms with E-state index < -0.39 is 12.2 Å². The van der Waals surface area contributed by atoms with Crippen molar-refractivity contribution in [2.75, 3.05) is 6.54 Å². The summed E-state index contributed by atoms with van der Waals surface area (Å²) >= 11 is 0. The van der Waals surface area contributed by atoms with E-state index in [0.717, 1.165) is 5.69 Å². The summed E-state index contributed by atoms with van der Waals surface area (Å²) in [7, 11) is 0. The van der Waals surface area contributed by atoms with Gasteiger partial charge in [-0.1, -0.05) is 0 Å². The molecule has 0 bridgehead atoms. The first-order valence-corrected chi connectivity index (χ1v) is 4.91. The predicted molar refractivity (Wildman–Crippen MR) is 56.4 cm³/mol. The minimum Gasteiger partial charge on any atom is -0.388 e. The van der Waals surface area contributed by atoms with Crippen LogP contribution in [-0.2, 0) is 4.79 Å². The molecule has 88 valence electrons. The molecule has 1 aromatic rings. The van der Waals surface area contributed by atoms with Crippen LogP contribution in [0.5, 0.6) is 0 Å². The van der Waals surface area contributed by atoms with E-state index in [1.165, 1.54) is 6.92 Å². The number of carbonyl (C=O) groups is 1. The molecule has 0 fully saturated rings. The van der Waals surface area contributed by atoms with Gasteiger partial charge in [0.15, 0.2) is 0 Å². The monoisotopic (exact) mass is 225 g/mol. The highest BCUT2D eigenvalue weighted by Gasteiger charge is 2.19. The standard InChI is InChI=1S/C10H15N3O3/c1-6-3-4-8(13-12-6)10(16)9(15)5-11-7(2)14/h3-4,9-10,15-16H,5H2,1-2H3,(H,11,14). The Labute approximate surface area is 93.3 Å². The number of aliphatic hydroxyl groups excluding tert-OH is 2. The van der Waals surface area contributed by atoms with Gasteiger partial charge in [-0.05, 0) is 19.1 Å². The summed E-state index contributed by atoms with van der Waals surface area (Å²) in [5.41, 5.74) is 1.01. The van der Waals surface area contributed by atoms with Gasteiger partial charge in [0.2, 0.25) is 5.91 Å². The lowest BCUT2D eigenvalue weighted by Crippen LogP contribution is -2.34. The zero-order valence-electron chi connectivity index (χ0n) is 9.21. The fourth-order valence-electron chi connectivity index (χ4n) is 1.12. The molecular weight excluding hydrogens is 210 g/mol. The van der Waals surface area contributed by atoms with Gasteiger partial charge in [-0.25, -0.2) is 0 Å². The molecule has 1 heterocycles. The van der Waals surface area contributed by atoms with Crippen molar-refractivity contribution < 1.29 is 15.0 Å². The predicted octanol–water partition coefficient (Wildman–Crippen LogP) is -0.685. The number of aliphatic hydroxyl groups is 2. The summed E-state index contributed by atoms with van der Waals surface area (Å²) in [5.74, 6) is -0.263. The van der Waals surface area contributed by atoms with Gasteiger partial charge < -0.3 is 15.5 Å². The average Bonchev–Trinajstić information content (AvgIpc) is 2.26. The summed E-state index contributed by atoms with van der Waals surface area (Å²) in [6.07, 6.45) is -2.25. The number of hydrogen-bond donors (Lipinski definition) is 3. The van der Waals surface area contributed by atoms with Gasteiger partial charge in [0, 0.05) is 13.5 Å². The van der Waals surface area contributed by atoms with E-state index in [1.54, 1.807) is 19.1 Å². The quantitative estimate of drug-likeness (QED) is 0.630. The molecule has 0 aliphatic carbocycles.